The van der Waals surface area contributed by atoms with Crippen LogP contribution in [0.1, 0.15) is 10.5 Å². The van der Waals surface area contributed by atoms with E-state index in [1.807, 2.05) is 0 Å². The molecule has 0 radical (unpaired) electrons. The summed E-state index contributed by atoms with van der Waals surface area (Å²) in [6.45, 7) is 0. The number of nitrogens with one attached hydrogen (secondary N) is 1. The van der Waals surface area contributed by atoms with Gasteiger partial charge >= 0.3 is 0 Å². The predicted octanol–water partition coefficient (Wildman–Crippen LogP) is 2.59. The zero-order chi connectivity index (χ0) is 15.4. The second kappa shape index (κ2) is 6.32. The summed E-state index contributed by atoms with van der Waals surface area (Å²) < 4.78 is 10.3. The first-order valence-electron chi connectivity index (χ1n) is 6.00. The number of benzene rings is 1. The molecular weight excluding hydrogens is 294 g/mol. The first kappa shape index (κ1) is 14.9. The van der Waals surface area contributed by atoms with Crippen molar-refractivity contribution in [1.82, 2.24) is 4.98 Å². The Bertz CT molecular complexity index is 677. The van der Waals surface area contributed by atoms with Gasteiger partial charge in [-0.25, -0.2) is 4.98 Å². The molecule has 1 aromatic carbocycles. The highest BCUT2D eigenvalue weighted by molar-refractivity contribution is 6.34. The van der Waals surface area contributed by atoms with Crippen molar-refractivity contribution in [2.75, 3.05) is 25.3 Å². The number of anilines is 2. The molecule has 3 N–H and O–H groups in total. The van der Waals surface area contributed by atoms with E-state index in [0.29, 0.717) is 17.2 Å². The number of nitrogen functional groups attached to an aromatic ring is 1. The quantitative estimate of drug-likeness (QED) is 0.906. The fraction of sp³-hybridized carbons (Fsp3) is 0.143. The lowest BCUT2D eigenvalue weighted by molar-refractivity contribution is 0.102. The van der Waals surface area contributed by atoms with Crippen LogP contribution in [0.4, 0.5) is 11.5 Å². The van der Waals surface area contributed by atoms with Crippen LogP contribution in [-0.2, 0) is 0 Å². The van der Waals surface area contributed by atoms with E-state index in [-0.39, 0.29) is 16.5 Å². The summed E-state index contributed by atoms with van der Waals surface area (Å²) in [5, 5.41) is 2.89. The van der Waals surface area contributed by atoms with Gasteiger partial charge in [-0.2, -0.15) is 0 Å². The summed E-state index contributed by atoms with van der Waals surface area (Å²) in [7, 11) is 3.03. The lowest BCUT2D eigenvalue weighted by Crippen LogP contribution is -2.15. The molecule has 1 amide bonds. The molecule has 21 heavy (non-hydrogen) atoms. The number of aromatic nitrogens is 1. The van der Waals surface area contributed by atoms with E-state index in [4.69, 9.17) is 26.8 Å². The highest BCUT2D eigenvalue weighted by atomic mass is 35.5. The Balaban J connectivity index is 2.32. The van der Waals surface area contributed by atoms with Crippen LogP contribution in [0.25, 0.3) is 0 Å². The van der Waals surface area contributed by atoms with Crippen LogP contribution in [0.2, 0.25) is 5.02 Å². The number of rotatable bonds is 4. The fourth-order valence-electron chi connectivity index (χ4n) is 1.71. The molecule has 0 unspecified atom stereocenters. The first-order valence-corrected chi connectivity index (χ1v) is 6.38. The van der Waals surface area contributed by atoms with E-state index >= 15 is 0 Å². The van der Waals surface area contributed by atoms with Crippen molar-refractivity contribution >= 4 is 29.0 Å². The van der Waals surface area contributed by atoms with Gasteiger partial charge < -0.3 is 20.5 Å². The van der Waals surface area contributed by atoms with Crippen molar-refractivity contribution in [1.29, 1.82) is 0 Å². The molecule has 110 valence electrons. The summed E-state index contributed by atoms with van der Waals surface area (Å²) in [6, 6.07) is 8.08. The summed E-state index contributed by atoms with van der Waals surface area (Å²) in [4.78, 5) is 16.2. The summed E-state index contributed by atoms with van der Waals surface area (Å²) in [5.74, 6) is 0.794. The number of ether oxygens (including phenoxy) is 2. The van der Waals surface area contributed by atoms with Crippen LogP contribution in [0.3, 0.4) is 0 Å². The van der Waals surface area contributed by atoms with Gasteiger partial charge in [0, 0.05) is 6.07 Å². The minimum Gasteiger partial charge on any atom is -0.497 e. The zero-order valence-electron chi connectivity index (χ0n) is 11.5. The predicted molar refractivity (Wildman–Crippen MR) is 81.2 cm³/mol. The molecule has 0 fully saturated rings. The van der Waals surface area contributed by atoms with E-state index in [9.17, 15) is 4.79 Å². The lowest BCUT2D eigenvalue weighted by atomic mass is 10.2. The van der Waals surface area contributed by atoms with Gasteiger partial charge in [-0.1, -0.05) is 11.6 Å². The van der Waals surface area contributed by atoms with Crippen molar-refractivity contribution in [2.45, 2.75) is 0 Å². The number of methoxy groups -OCH3 is 2. The maximum Gasteiger partial charge on any atom is 0.276 e. The molecule has 0 atom stereocenters. The molecule has 0 bridgehead atoms. The van der Waals surface area contributed by atoms with Crippen LogP contribution in [0.5, 0.6) is 11.5 Å². The number of amides is 1. The molecule has 6 nitrogen and oxygen atoms in total. The van der Waals surface area contributed by atoms with Gasteiger partial charge in [0.2, 0.25) is 0 Å². The molecule has 0 saturated carbocycles. The van der Waals surface area contributed by atoms with E-state index in [1.54, 1.807) is 18.2 Å². The third kappa shape index (κ3) is 3.35. The molecule has 0 aliphatic carbocycles. The Morgan fingerprint density at radius 2 is 2.00 bits per heavy atom. The van der Waals surface area contributed by atoms with Crippen molar-refractivity contribution in [2.24, 2.45) is 0 Å². The molecule has 0 aliphatic rings. The Morgan fingerprint density at radius 1 is 1.24 bits per heavy atom. The smallest absolute Gasteiger partial charge is 0.276 e. The summed E-state index contributed by atoms with van der Waals surface area (Å²) >= 11 is 5.95. The number of hydrogen-bond acceptors (Lipinski definition) is 5. The zero-order valence-corrected chi connectivity index (χ0v) is 12.3. The van der Waals surface area contributed by atoms with E-state index in [0.717, 1.165) is 0 Å². The van der Waals surface area contributed by atoms with Crippen LogP contribution < -0.4 is 20.5 Å². The lowest BCUT2D eigenvalue weighted by Gasteiger charge is -2.12. The van der Waals surface area contributed by atoms with E-state index in [1.165, 1.54) is 26.4 Å². The first-order chi connectivity index (χ1) is 10.0. The maximum atomic E-state index is 12.2. The second-order valence-corrected chi connectivity index (χ2v) is 4.49. The van der Waals surface area contributed by atoms with Crippen LogP contribution in [-0.4, -0.2) is 25.1 Å². The summed E-state index contributed by atoms with van der Waals surface area (Å²) in [5.41, 5.74) is 6.06. The highest BCUT2D eigenvalue weighted by Crippen LogP contribution is 2.29. The molecule has 2 rings (SSSR count). The van der Waals surface area contributed by atoms with E-state index < -0.39 is 5.91 Å². The van der Waals surface area contributed by atoms with Gasteiger partial charge in [-0.05, 0) is 24.3 Å². The Labute approximate surface area is 126 Å². The Hall–Kier alpha value is -2.47. The van der Waals surface area contributed by atoms with Crippen LogP contribution >= 0.6 is 11.6 Å². The Morgan fingerprint density at radius 3 is 2.67 bits per heavy atom. The van der Waals surface area contributed by atoms with Gasteiger partial charge in [0.05, 0.1) is 24.9 Å². The van der Waals surface area contributed by atoms with Gasteiger partial charge in [0.25, 0.3) is 5.91 Å². The molecule has 0 saturated heterocycles. The normalized spacial score (nSPS) is 10.0. The average molecular weight is 308 g/mol. The number of pyridine rings is 1. The number of carbonyl (C=O) groups excluding carboxylic acids is 1. The van der Waals surface area contributed by atoms with Gasteiger partial charge in [-0.3, -0.25) is 4.79 Å². The molecule has 7 heteroatoms. The minimum atomic E-state index is -0.487. The van der Waals surface area contributed by atoms with Crippen molar-refractivity contribution in [3.05, 3.63) is 41.0 Å². The highest BCUT2D eigenvalue weighted by Gasteiger charge is 2.15. The van der Waals surface area contributed by atoms with Gasteiger partial charge in [0.15, 0.2) is 0 Å². The molecule has 2 aromatic rings. The summed E-state index contributed by atoms with van der Waals surface area (Å²) in [6.07, 6.45) is 0. The fourth-order valence-corrected chi connectivity index (χ4v) is 1.90. The number of hydrogen-bond donors (Lipinski definition) is 2. The molecular formula is C14H14ClN3O3. The van der Waals surface area contributed by atoms with Crippen LogP contribution in [0.15, 0.2) is 30.3 Å². The monoisotopic (exact) mass is 307 g/mol. The SMILES string of the molecule is COc1ccc(OC)c(NC(=O)c2nc(N)ccc2Cl)c1. The van der Waals surface area contributed by atoms with Crippen LogP contribution in [0, 0.1) is 0 Å². The minimum absolute atomic E-state index is 0.0431. The average Bonchev–Trinajstić information content (AvgIpc) is 2.49. The third-order valence-corrected chi connectivity index (χ3v) is 3.04. The van der Waals surface area contributed by atoms with Crippen molar-refractivity contribution < 1.29 is 14.3 Å². The van der Waals surface area contributed by atoms with Crippen molar-refractivity contribution in [3.8, 4) is 11.5 Å². The molecule has 1 aromatic heterocycles. The number of nitrogens with zero attached hydrogens (tertiary/aromatic N) is 1. The standard InChI is InChI=1S/C14H14ClN3O3/c1-20-8-3-5-11(21-2)10(7-8)17-14(19)13-9(15)4-6-12(16)18-13/h3-7H,1-2H3,(H2,16,18)(H,17,19). The molecule has 1 heterocycles. The van der Waals surface area contributed by atoms with E-state index in [2.05, 4.69) is 10.3 Å². The second-order valence-electron chi connectivity index (χ2n) is 4.09. The maximum absolute atomic E-state index is 12.2. The topological polar surface area (TPSA) is 86.5 Å². The van der Waals surface area contributed by atoms with Crippen molar-refractivity contribution in [3.63, 3.8) is 0 Å². The van der Waals surface area contributed by atoms with Gasteiger partial charge in [-0.15, -0.1) is 0 Å². The van der Waals surface area contributed by atoms with Gasteiger partial charge in [0.1, 0.15) is 23.0 Å². The Kier molecular flexibility index (Phi) is 4.49. The number of halogens is 1. The number of nitrogens with two attached hydrogens (primary N) is 1. The third-order valence-electron chi connectivity index (χ3n) is 2.74. The molecule has 0 aliphatic heterocycles. The number of carbonyl (C=O) groups is 1. The molecule has 0 spiro atoms. The largest absolute Gasteiger partial charge is 0.497 e.